The van der Waals surface area contributed by atoms with Crippen molar-refractivity contribution in [1.29, 1.82) is 0 Å². The van der Waals surface area contributed by atoms with Crippen LogP contribution in [0.2, 0.25) is 0 Å². The largest absolute Gasteiger partial charge is 0.272 e. The van der Waals surface area contributed by atoms with Crippen LogP contribution in [-0.2, 0) is 0 Å². The molecule has 0 radical (unpaired) electrons. The van der Waals surface area contributed by atoms with Gasteiger partial charge in [-0.15, -0.1) is 0 Å². The Morgan fingerprint density at radius 2 is 1.81 bits per heavy atom. The molecule has 2 rings (SSSR count). The van der Waals surface area contributed by atoms with Crippen molar-refractivity contribution in [3.63, 3.8) is 0 Å². The smallest absolute Gasteiger partial charge is 0.267 e. The Balaban J connectivity index is 1.99. The second-order valence-corrected chi connectivity index (χ2v) is 5.85. The van der Waals surface area contributed by atoms with Gasteiger partial charge in [0.1, 0.15) is 0 Å². The first kappa shape index (κ1) is 15.4. The number of amides is 1. The molecule has 0 aliphatic rings. The van der Waals surface area contributed by atoms with Crippen molar-refractivity contribution in [2.24, 2.45) is 5.10 Å². The Labute approximate surface area is 133 Å². The highest BCUT2D eigenvalue weighted by Gasteiger charge is 2.07. The van der Waals surface area contributed by atoms with Crippen LogP contribution in [0.25, 0.3) is 0 Å². The molecule has 2 aromatic carbocycles. The Kier molecular flexibility index (Phi) is 5.28. The minimum Gasteiger partial charge on any atom is -0.267 e. The molecule has 0 atom stereocenters. The van der Waals surface area contributed by atoms with Crippen molar-refractivity contribution in [1.82, 2.24) is 5.43 Å². The molecule has 0 aliphatic carbocycles. The van der Waals surface area contributed by atoms with Crippen molar-refractivity contribution < 1.29 is 4.79 Å². The van der Waals surface area contributed by atoms with E-state index in [4.69, 9.17) is 0 Å². The Morgan fingerprint density at radius 1 is 1.14 bits per heavy atom. The van der Waals surface area contributed by atoms with Crippen molar-refractivity contribution in [3.8, 4) is 0 Å². The number of rotatable bonds is 4. The molecule has 21 heavy (non-hydrogen) atoms. The molecule has 2 aromatic rings. The molecular weight excluding hydrogens is 328 g/mol. The number of hydrazone groups is 1. The van der Waals surface area contributed by atoms with Crippen molar-refractivity contribution in [3.05, 3.63) is 69.7 Å². The maximum atomic E-state index is 11.9. The summed E-state index contributed by atoms with van der Waals surface area (Å²) in [5.41, 5.74) is 5.32. The van der Waals surface area contributed by atoms with E-state index in [1.165, 1.54) is 5.56 Å². The van der Waals surface area contributed by atoms with Gasteiger partial charge in [-0.05, 0) is 45.1 Å². The highest BCUT2D eigenvalue weighted by molar-refractivity contribution is 9.10. The van der Waals surface area contributed by atoms with E-state index in [1.54, 1.807) is 12.3 Å². The molecule has 0 heterocycles. The first-order chi connectivity index (χ1) is 10.1. The van der Waals surface area contributed by atoms with Crippen molar-refractivity contribution in [2.75, 3.05) is 0 Å². The topological polar surface area (TPSA) is 41.5 Å². The second-order valence-electron chi connectivity index (χ2n) is 5.00. The molecule has 0 unspecified atom stereocenters. The highest BCUT2D eigenvalue weighted by Crippen LogP contribution is 2.15. The van der Waals surface area contributed by atoms with E-state index in [0.717, 1.165) is 10.0 Å². The van der Waals surface area contributed by atoms with E-state index in [-0.39, 0.29) is 5.91 Å². The van der Waals surface area contributed by atoms with Crippen molar-refractivity contribution >= 4 is 28.1 Å². The lowest BCUT2D eigenvalue weighted by Crippen LogP contribution is -2.18. The Morgan fingerprint density at radius 3 is 2.43 bits per heavy atom. The first-order valence-corrected chi connectivity index (χ1v) is 7.55. The summed E-state index contributed by atoms with van der Waals surface area (Å²) in [6.07, 6.45) is 1.64. The first-order valence-electron chi connectivity index (χ1n) is 6.76. The third-order valence-electron chi connectivity index (χ3n) is 3.10. The quantitative estimate of drug-likeness (QED) is 0.650. The maximum Gasteiger partial charge on any atom is 0.272 e. The van der Waals surface area contributed by atoms with E-state index in [2.05, 4.69) is 52.4 Å². The van der Waals surface area contributed by atoms with E-state index >= 15 is 0 Å². The van der Waals surface area contributed by atoms with Gasteiger partial charge in [0.2, 0.25) is 0 Å². The number of nitrogens with zero attached hydrogens (tertiary/aromatic N) is 1. The number of hydrogen-bond acceptors (Lipinski definition) is 2. The fourth-order valence-electron chi connectivity index (χ4n) is 1.84. The fraction of sp³-hybridized carbons (Fsp3) is 0.176. The molecular formula is C17H17BrN2O. The van der Waals surface area contributed by atoms with Crippen molar-refractivity contribution in [2.45, 2.75) is 19.8 Å². The van der Waals surface area contributed by atoms with Crippen LogP contribution < -0.4 is 5.43 Å². The summed E-state index contributed by atoms with van der Waals surface area (Å²) in [6.45, 7) is 4.31. The van der Waals surface area contributed by atoms with Gasteiger partial charge >= 0.3 is 0 Å². The molecule has 1 N–H and O–H groups in total. The lowest BCUT2D eigenvalue weighted by molar-refractivity contribution is 0.0954. The number of carbonyl (C=O) groups excluding carboxylic acids is 1. The minimum absolute atomic E-state index is 0.238. The average Bonchev–Trinajstić information content (AvgIpc) is 2.48. The molecule has 0 bridgehead atoms. The number of carbonyl (C=O) groups is 1. The summed E-state index contributed by atoms with van der Waals surface area (Å²) in [5.74, 6) is 0.267. The molecule has 108 valence electrons. The van der Waals surface area contributed by atoms with Gasteiger partial charge < -0.3 is 0 Å². The van der Waals surface area contributed by atoms with Gasteiger partial charge in [0.15, 0.2) is 0 Å². The lowest BCUT2D eigenvalue weighted by atomic mass is 10.0. The Hall–Kier alpha value is -1.94. The molecule has 3 nitrogen and oxygen atoms in total. The number of hydrogen-bond donors (Lipinski definition) is 1. The van der Waals surface area contributed by atoms with E-state index < -0.39 is 0 Å². The van der Waals surface area contributed by atoms with Crippen LogP contribution >= 0.6 is 15.9 Å². The number of halogens is 1. The van der Waals surface area contributed by atoms with Crippen LogP contribution in [0.1, 0.15) is 41.3 Å². The third kappa shape index (κ3) is 4.26. The summed E-state index contributed by atoms with van der Waals surface area (Å²) >= 11 is 3.34. The zero-order valence-corrected chi connectivity index (χ0v) is 13.6. The number of nitrogens with one attached hydrogen (secondary N) is 1. The monoisotopic (exact) mass is 344 g/mol. The summed E-state index contributed by atoms with van der Waals surface area (Å²) in [7, 11) is 0. The summed E-state index contributed by atoms with van der Waals surface area (Å²) < 4.78 is 0.749. The van der Waals surface area contributed by atoms with E-state index in [0.29, 0.717) is 11.5 Å². The van der Waals surface area contributed by atoms with Gasteiger partial charge in [-0.25, -0.2) is 5.43 Å². The molecule has 1 amide bonds. The summed E-state index contributed by atoms with van der Waals surface area (Å²) in [4.78, 5) is 11.9. The predicted molar refractivity (Wildman–Crippen MR) is 89.7 cm³/mol. The third-order valence-corrected chi connectivity index (χ3v) is 3.79. The maximum absolute atomic E-state index is 11.9. The van der Waals surface area contributed by atoms with E-state index in [9.17, 15) is 4.79 Å². The van der Waals surface area contributed by atoms with Crippen LogP contribution in [0.15, 0.2) is 58.1 Å². The van der Waals surface area contributed by atoms with Gasteiger partial charge in [-0.1, -0.05) is 50.2 Å². The van der Waals surface area contributed by atoms with Gasteiger partial charge in [-0.2, -0.15) is 5.10 Å². The van der Waals surface area contributed by atoms with Gasteiger partial charge in [0, 0.05) is 4.47 Å². The molecule has 0 saturated carbocycles. The average molecular weight is 345 g/mol. The standard InChI is InChI=1S/C17H17BrN2O/c1-12(2)14-9-7-13(8-10-14)11-19-20-17(21)15-5-3-4-6-16(15)18/h3-12H,1-2H3,(H,20,21)/b19-11+. The summed E-state index contributed by atoms with van der Waals surface area (Å²) in [6, 6.07) is 15.4. The SMILES string of the molecule is CC(C)c1ccc(/C=N/NC(=O)c2ccccc2Br)cc1. The van der Waals surface area contributed by atoms with Crippen LogP contribution in [0.3, 0.4) is 0 Å². The highest BCUT2D eigenvalue weighted by atomic mass is 79.9. The van der Waals surface area contributed by atoms with E-state index in [1.807, 2.05) is 30.3 Å². The molecule has 4 heteroatoms. The summed E-state index contributed by atoms with van der Waals surface area (Å²) in [5, 5.41) is 3.99. The molecule has 0 fully saturated rings. The normalized spacial score (nSPS) is 11.0. The van der Waals surface area contributed by atoms with Crippen LogP contribution in [0.4, 0.5) is 0 Å². The van der Waals surface area contributed by atoms with Gasteiger partial charge in [0.25, 0.3) is 5.91 Å². The van der Waals surface area contributed by atoms with Crippen LogP contribution in [0, 0.1) is 0 Å². The predicted octanol–water partition coefficient (Wildman–Crippen LogP) is 4.34. The van der Waals surface area contributed by atoms with Gasteiger partial charge in [-0.3, -0.25) is 4.79 Å². The minimum atomic E-state index is -0.238. The lowest BCUT2D eigenvalue weighted by Gasteiger charge is -2.04. The van der Waals surface area contributed by atoms with Crippen LogP contribution in [0.5, 0.6) is 0 Å². The number of benzene rings is 2. The second kappa shape index (κ2) is 7.18. The molecule has 0 saturated heterocycles. The van der Waals surface area contributed by atoms with Crippen LogP contribution in [-0.4, -0.2) is 12.1 Å². The zero-order valence-electron chi connectivity index (χ0n) is 12.0. The van der Waals surface area contributed by atoms with Gasteiger partial charge in [0.05, 0.1) is 11.8 Å². The molecule has 0 aliphatic heterocycles. The fourth-order valence-corrected chi connectivity index (χ4v) is 2.30. The molecule has 0 spiro atoms. The Bertz CT molecular complexity index is 648. The zero-order chi connectivity index (χ0) is 15.2. The molecule has 0 aromatic heterocycles.